The van der Waals surface area contributed by atoms with Crippen LogP contribution in [0.3, 0.4) is 0 Å². The quantitative estimate of drug-likeness (QED) is 0.0345. The Kier molecular flexibility index (Phi) is 46.2. The Morgan fingerprint density at radius 3 is 0.831 bits per heavy atom. The highest BCUT2D eigenvalue weighted by Gasteiger charge is 2.19. The molecule has 0 aromatic rings. The third-order valence-electron chi connectivity index (χ3n) is 12.0. The third kappa shape index (κ3) is 47.3. The number of esters is 3. The maximum Gasteiger partial charge on any atom is 0.306 e. The molecule has 0 fully saturated rings. The fourth-order valence-corrected chi connectivity index (χ4v) is 8.04. The van der Waals surface area contributed by atoms with E-state index in [0.717, 1.165) is 63.7 Å². The summed E-state index contributed by atoms with van der Waals surface area (Å²) < 4.78 is 16.8. The molecule has 0 bridgehead atoms. The highest BCUT2D eigenvalue weighted by Crippen LogP contribution is 2.17. The van der Waals surface area contributed by atoms with Gasteiger partial charge in [0.15, 0.2) is 6.10 Å². The van der Waals surface area contributed by atoms with Crippen molar-refractivity contribution >= 4 is 17.9 Å². The number of hydrogen-bond donors (Lipinski definition) is 0. The molecule has 0 aliphatic carbocycles. The van der Waals surface area contributed by atoms with Crippen molar-refractivity contribution < 1.29 is 28.6 Å². The molecule has 350 valence electrons. The largest absolute Gasteiger partial charge is 0.462 e. The Morgan fingerprint density at radius 2 is 0.559 bits per heavy atom. The predicted octanol–water partition coefficient (Wildman–Crippen LogP) is 17.1. The summed E-state index contributed by atoms with van der Waals surface area (Å²) in [6.45, 7) is 9.02. The van der Waals surface area contributed by atoms with E-state index >= 15 is 0 Å². The Morgan fingerprint density at radius 1 is 0.322 bits per heavy atom. The normalized spacial score (nSPS) is 11.9. The molecular weight excluding hydrogens is 733 g/mol. The molecule has 0 radical (unpaired) electrons. The van der Waals surface area contributed by atoms with Crippen molar-refractivity contribution in [3.8, 4) is 0 Å². The van der Waals surface area contributed by atoms with Crippen molar-refractivity contribution in [2.24, 2.45) is 5.92 Å². The summed E-state index contributed by atoms with van der Waals surface area (Å²) in [7, 11) is 0. The van der Waals surface area contributed by atoms with Crippen molar-refractivity contribution in [1.82, 2.24) is 0 Å². The van der Waals surface area contributed by atoms with Crippen molar-refractivity contribution in [1.29, 1.82) is 0 Å². The van der Waals surface area contributed by atoms with Crippen LogP contribution in [-0.2, 0) is 28.6 Å². The molecule has 0 heterocycles. The summed E-state index contributed by atoms with van der Waals surface area (Å²) in [4.78, 5) is 38.0. The summed E-state index contributed by atoms with van der Waals surface area (Å²) in [6.07, 6.45) is 49.4. The van der Waals surface area contributed by atoms with Crippen LogP contribution in [0.2, 0.25) is 0 Å². The van der Waals surface area contributed by atoms with Gasteiger partial charge >= 0.3 is 17.9 Å². The molecule has 59 heavy (non-hydrogen) atoms. The molecule has 0 aliphatic rings. The molecule has 0 rings (SSSR count). The van der Waals surface area contributed by atoms with E-state index in [0.29, 0.717) is 19.3 Å². The van der Waals surface area contributed by atoms with Crippen molar-refractivity contribution in [2.45, 2.75) is 303 Å². The van der Waals surface area contributed by atoms with Gasteiger partial charge in [-0.2, -0.15) is 0 Å². The standard InChI is InChI=1S/C53H102O6/c1-5-7-9-11-13-15-17-19-20-22-24-29-33-37-41-45-52(55)58-48-50(59-53(56)46-42-38-34-30-26-25-27-31-35-39-43-49(3)4)47-57-51(54)44-40-36-32-28-23-21-18-16-14-12-10-8-6-2/h49-50H,5-48H2,1-4H3/t50-/m1/s1. The molecule has 0 saturated heterocycles. The van der Waals surface area contributed by atoms with Gasteiger partial charge in [0.1, 0.15) is 13.2 Å². The number of hydrogen-bond acceptors (Lipinski definition) is 6. The molecule has 0 N–H and O–H groups in total. The Bertz CT molecular complexity index is 887. The topological polar surface area (TPSA) is 78.9 Å². The molecule has 0 spiro atoms. The number of ether oxygens (including phenoxy) is 3. The number of carbonyl (C=O) groups excluding carboxylic acids is 3. The van der Waals surface area contributed by atoms with Crippen molar-refractivity contribution in [2.75, 3.05) is 13.2 Å². The zero-order chi connectivity index (χ0) is 43.1. The van der Waals surface area contributed by atoms with E-state index in [9.17, 15) is 14.4 Å². The maximum absolute atomic E-state index is 12.8. The van der Waals surface area contributed by atoms with Crippen LogP contribution in [0, 0.1) is 5.92 Å². The van der Waals surface area contributed by atoms with E-state index < -0.39 is 6.10 Å². The van der Waals surface area contributed by atoms with Crippen LogP contribution in [0.1, 0.15) is 297 Å². The van der Waals surface area contributed by atoms with Crippen LogP contribution in [-0.4, -0.2) is 37.2 Å². The molecule has 0 amide bonds. The number of unbranched alkanes of at least 4 members (excludes halogenated alkanes) is 35. The first-order valence-corrected chi connectivity index (χ1v) is 26.4. The molecule has 0 saturated carbocycles. The lowest BCUT2D eigenvalue weighted by molar-refractivity contribution is -0.167. The second-order valence-electron chi connectivity index (χ2n) is 18.6. The van der Waals surface area contributed by atoms with Gasteiger partial charge in [-0.3, -0.25) is 14.4 Å². The Labute approximate surface area is 368 Å². The third-order valence-corrected chi connectivity index (χ3v) is 12.0. The minimum absolute atomic E-state index is 0.0627. The van der Waals surface area contributed by atoms with Crippen LogP contribution in [0.15, 0.2) is 0 Å². The van der Waals surface area contributed by atoms with E-state index in [1.54, 1.807) is 0 Å². The highest BCUT2D eigenvalue weighted by molar-refractivity contribution is 5.71. The molecule has 0 aliphatic heterocycles. The van der Waals surface area contributed by atoms with Gasteiger partial charge in [0.25, 0.3) is 0 Å². The van der Waals surface area contributed by atoms with Crippen LogP contribution >= 0.6 is 0 Å². The zero-order valence-corrected chi connectivity index (χ0v) is 40.2. The van der Waals surface area contributed by atoms with Gasteiger partial charge in [-0.25, -0.2) is 0 Å². The monoisotopic (exact) mass is 835 g/mol. The van der Waals surface area contributed by atoms with E-state index in [4.69, 9.17) is 14.2 Å². The van der Waals surface area contributed by atoms with Crippen LogP contribution in [0.25, 0.3) is 0 Å². The summed E-state index contributed by atoms with van der Waals surface area (Å²) in [6, 6.07) is 0. The second-order valence-corrected chi connectivity index (χ2v) is 18.6. The van der Waals surface area contributed by atoms with Crippen molar-refractivity contribution in [3.63, 3.8) is 0 Å². The number of carbonyl (C=O) groups is 3. The SMILES string of the molecule is CCCCCCCCCCCCCCCCCC(=O)OC[C@@H](COC(=O)CCCCCCCCCCCCCCC)OC(=O)CCCCCCCCCCCCC(C)C. The minimum Gasteiger partial charge on any atom is -0.462 e. The van der Waals surface area contributed by atoms with Crippen molar-refractivity contribution in [3.05, 3.63) is 0 Å². The number of rotatable bonds is 48. The van der Waals surface area contributed by atoms with E-state index in [1.807, 2.05) is 0 Å². The van der Waals surface area contributed by atoms with Gasteiger partial charge in [0.2, 0.25) is 0 Å². The molecule has 1 atom stereocenters. The summed E-state index contributed by atoms with van der Waals surface area (Å²) >= 11 is 0. The summed E-state index contributed by atoms with van der Waals surface area (Å²) in [5.41, 5.74) is 0. The Hall–Kier alpha value is -1.59. The lowest BCUT2D eigenvalue weighted by Gasteiger charge is -2.18. The predicted molar refractivity (Wildman–Crippen MR) is 252 cm³/mol. The van der Waals surface area contributed by atoms with Crippen LogP contribution < -0.4 is 0 Å². The minimum atomic E-state index is -0.761. The van der Waals surface area contributed by atoms with Gasteiger partial charge in [0.05, 0.1) is 0 Å². The molecule has 0 unspecified atom stereocenters. The summed E-state index contributed by atoms with van der Waals surface area (Å²) in [5, 5.41) is 0. The molecule has 0 aromatic heterocycles. The van der Waals surface area contributed by atoms with Gasteiger partial charge in [-0.15, -0.1) is 0 Å². The first kappa shape index (κ1) is 57.4. The molecule has 6 heteroatoms. The lowest BCUT2D eigenvalue weighted by atomic mass is 10.0. The smallest absolute Gasteiger partial charge is 0.306 e. The average molecular weight is 835 g/mol. The average Bonchev–Trinajstić information content (AvgIpc) is 3.22. The maximum atomic E-state index is 12.8. The fourth-order valence-electron chi connectivity index (χ4n) is 8.04. The molecule has 6 nitrogen and oxygen atoms in total. The lowest BCUT2D eigenvalue weighted by Crippen LogP contribution is -2.30. The first-order valence-electron chi connectivity index (χ1n) is 26.4. The highest BCUT2D eigenvalue weighted by atomic mass is 16.6. The molecular formula is C53H102O6. The van der Waals surface area contributed by atoms with Crippen LogP contribution in [0.4, 0.5) is 0 Å². The fraction of sp³-hybridized carbons (Fsp3) is 0.943. The first-order chi connectivity index (χ1) is 28.9. The van der Waals surface area contributed by atoms with Gasteiger partial charge < -0.3 is 14.2 Å². The van der Waals surface area contributed by atoms with Crippen LogP contribution in [0.5, 0.6) is 0 Å². The van der Waals surface area contributed by atoms with E-state index in [1.165, 1.54) is 193 Å². The zero-order valence-electron chi connectivity index (χ0n) is 40.2. The Balaban J connectivity index is 4.31. The van der Waals surface area contributed by atoms with E-state index in [2.05, 4.69) is 27.7 Å². The second kappa shape index (κ2) is 47.5. The van der Waals surface area contributed by atoms with E-state index in [-0.39, 0.29) is 31.1 Å². The van der Waals surface area contributed by atoms with Gasteiger partial charge in [-0.1, -0.05) is 259 Å². The van der Waals surface area contributed by atoms with Gasteiger partial charge in [-0.05, 0) is 25.2 Å². The summed E-state index contributed by atoms with van der Waals surface area (Å²) in [5.74, 6) is -0.0267. The van der Waals surface area contributed by atoms with Gasteiger partial charge in [0, 0.05) is 19.3 Å². The molecule has 0 aromatic carbocycles.